The van der Waals surface area contributed by atoms with E-state index in [0.717, 1.165) is 18.9 Å². The van der Waals surface area contributed by atoms with Crippen molar-refractivity contribution in [1.29, 1.82) is 0 Å². The van der Waals surface area contributed by atoms with Gasteiger partial charge in [0.1, 0.15) is 5.82 Å². The molecule has 20 heavy (non-hydrogen) atoms. The summed E-state index contributed by atoms with van der Waals surface area (Å²) >= 11 is 5.82. The minimum Gasteiger partial charge on any atom is -0.353 e. The predicted molar refractivity (Wildman–Crippen MR) is 73.7 cm³/mol. The van der Waals surface area contributed by atoms with Crippen LogP contribution in [0.2, 0.25) is 5.02 Å². The molecular weight excluding hydrogens is 280 g/mol. The Morgan fingerprint density at radius 1 is 1.20 bits per heavy atom. The molecule has 3 rings (SSSR count). The van der Waals surface area contributed by atoms with E-state index in [1.54, 1.807) is 11.1 Å². The van der Waals surface area contributed by atoms with Crippen LogP contribution in [0.25, 0.3) is 0 Å². The van der Waals surface area contributed by atoms with E-state index in [1.807, 2.05) is 12.1 Å². The molecule has 0 bridgehead atoms. The number of aromatic nitrogens is 4. The van der Waals surface area contributed by atoms with Gasteiger partial charge in [0.25, 0.3) is 5.91 Å². The van der Waals surface area contributed by atoms with Gasteiger partial charge in [0, 0.05) is 32.4 Å². The Kier molecular flexibility index (Phi) is 3.51. The van der Waals surface area contributed by atoms with Crippen molar-refractivity contribution in [2.45, 2.75) is 0 Å². The second-order valence-corrected chi connectivity index (χ2v) is 4.91. The minimum atomic E-state index is -0.0949. The Hall–Kier alpha value is -2.15. The monoisotopic (exact) mass is 292 g/mol. The molecule has 0 radical (unpaired) electrons. The molecule has 1 fully saturated rings. The lowest BCUT2D eigenvalue weighted by molar-refractivity contribution is 0.0740. The van der Waals surface area contributed by atoms with Gasteiger partial charge in [0.15, 0.2) is 5.69 Å². The molecule has 7 nitrogen and oxygen atoms in total. The van der Waals surface area contributed by atoms with Crippen LogP contribution in [0.4, 0.5) is 5.82 Å². The highest BCUT2D eigenvalue weighted by atomic mass is 35.5. The summed E-state index contributed by atoms with van der Waals surface area (Å²) in [6.45, 7) is 2.74. The molecule has 1 aliphatic heterocycles. The maximum Gasteiger partial charge on any atom is 0.276 e. The largest absolute Gasteiger partial charge is 0.353 e. The van der Waals surface area contributed by atoms with E-state index in [1.165, 1.54) is 6.20 Å². The molecule has 2 aromatic rings. The van der Waals surface area contributed by atoms with Crippen molar-refractivity contribution < 1.29 is 4.79 Å². The SMILES string of the molecule is O=C(c1cn[nH]n1)N1CCN(c2ccc(Cl)cn2)CC1. The molecule has 0 spiro atoms. The minimum absolute atomic E-state index is 0.0949. The highest BCUT2D eigenvalue weighted by Crippen LogP contribution is 2.16. The van der Waals surface area contributed by atoms with Gasteiger partial charge in [-0.2, -0.15) is 15.4 Å². The first-order valence-corrected chi connectivity index (χ1v) is 6.63. The molecule has 1 saturated heterocycles. The van der Waals surface area contributed by atoms with Crippen molar-refractivity contribution in [2.24, 2.45) is 0 Å². The molecule has 1 aliphatic rings. The van der Waals surface area contributed by atoms with Crippen molar-refractivity contribution in [1.82, 2.24) is 25.3 Å². The van der Waals surface area contributed by atoms with E-state index in [-0.39, 0.29) is 5.91 Å². The topological polar surface area (TPSA) is 78.0 Å². The number of hydrogen-bond donors (Lipinski definition) is 1. The van der Waals surface area contributed by atoms with Crippen LogP contribution in [0.3, 0.4) is 0 Å². The summed E-state index contributed by atoms with van der Waals surface area (Å²) in [6.07, 6.45) is 3.07. The van der Waals surface area contributed by atoms with Crippen molar-refractivity contribution in [3.8, 4) is 0 Å². The molecule has 0 saturated carbocycles. The summed E-state index contributed by atoms with van der Waals surface area (Å²) in [4.78, 5) is 20.3. The number of anilines is 1. The number of amides is 1. The van der Waals surface area contributed by atoms with Crippen LogP contribution < -0.4 is 4.90 Å². The van der Waals surface area contributed by atoms with Crippen LogP contribution >= 0.6 is 11.6 Å². The van der Waals surface area contributed by atoms with Gasteiger partial charge in [-0.25, -0.2) is 4.98 Å². The third-order valence-electron chi connectivity index (χ3n) is 3.24. The number of nitrogens with one attached hydrogen (secondary N) is 1. The molecule has 0 aromatic carbocycles. The van der Waals surface area contributed by atoms with E-state index in [0.29, 0.717) is 23.8 Å². The number of carbonyl (C=O) groups is 1. The van der Waals surface area contributed by atoms with Gasteiger partial charge < -0.3 is 9.80 Å². The molecule has 0 aliphatic carbocycles. The van der Waals surface area contributed by atoms with E-state index in [2.05, 4.69) is 25.3 Å². The summed E-state index contributed by atoms with van der Waals surface area (Å²) in [6, 6.07) is 3.70. The van der Waals surface area contributed by atoms with Gasteiger partial charge in [-0.1, -0.05) is 11.6 Å². The lowest BCUT2D eigenvalue weighted by Crippen LogP contribution is -2.49. The average Bonchev–Trinajstić information content (AvgIpc) is 3.02. The molecule has 8 heteroatoms. The molecule has 1 amide bonds. The number of pyridine rings is 1. The molecule has 3 heterocycles. The van der Waals surface area contributed by atoms with Gasteiger partial charge in [0.2, 0.25) is 0 Å². The first-order valence-electron chi connectivity index (χ1n) is 6.25. The van der Waals surface area contributed by atoms with Crippen molar-refractivity contribution in [2.75, 3.05) is 31.1 Å². The van der Waals surface area contributed by atoms with Crippen LogP contribution in [-0.4, -0.2) is 57.4 Å². The van der Waals surface area contributed by atoms with Gasteiger partial charge in [-0.3, -0.25) is 4.79 Å². The summed E-state index contributed by atoms with van der Waals surface area (Å²) < 4.78 is 0. The van der Waals surface area contributed by atoms with Crippen LogP contribution in [0.1, 0.15) is 10.5 Å². The number of aromatic amines is 1. The summed E-state index contributed by atoms with van der Waals surface area (Å²) in [5.41, 5.74) is 0.350. The Morgan fingerprint density at radius 3 is 2.60 bits per heavy atom. The van der Waals surface area contributed by atoms with E-state index < -0.39 is 0 Å². The fraction of sp³-hybridized carbons (Fsp3) is 0.333. The van der Waals surface area contributed by atoms with Crippen LogP contribution in [0, 0.1) is 0 Å². The average molecular weight is 293 g/mol. The highest BCUT2D eigenvalue weighted by molar-refractivity contribution is 6.30. The standard InChI is InChI=1S/C12H13ClN6O/c13-9-1-2-11(14-7-9)18-3-5-19(6-4-18)12(20)10-8-15-17-16-10/h1-2,7-8H,3-6H2,(H,15,16,17). The maximum atomic E-state index is 12.1. The number of piperazine rings is 1. The smallest absolute Gasteiger partial charge is 0.276 e. The second kappa shape index (κ2) is 5.46. The third-order valence-corrected chi connectivity index (χ3v) is 3.46. The number of halogens is 1. The number of nitrogens with zero attached hydrogens (tertiary/aromatic N) is 5. The zero-order valence-electron chi connectivity index (χ0n) is 10.7. The van der Waals surface area contributed by atoms with Gasteiger partial charge >= 0.3 is 0 Å². The molecule has 0 atom stereocenters. The quantitative estimate of drug-likeness (QED) is 0.886. The summed E-state index contributed by atoms with van der Waals surface area (Å²) in [5, 5.41) is 10.5. The number of rotatable bonds is 2. The van der Waals surface area contributed by atoms with Gasteiger partial charge in [-0.15, -0.1) is 0 Å². The Labute approximate surface area is 120 Å². The molecular formula is C12H13ClN6O. The zero-order valence-corrected chi connectivity index (χ0v) is 11.4. The highest BCUT2D eigenvalue weighted by Gasteiger charge is 2.24. The first kappa shape index (κ1) is 12.9. The van der Waals surface area contributed by atoms with Crippen LogP contribution in [-0.2, 0) is 0 Å². The molecule has 2 aromatic heterocycles. The first-order chi connectivity index (χ1) is 9.74. The van der Waals surface area contributed by atoms with Crippen molar-refractivity contribution in [3.05, 3.63) is 35.2 Å². The normalized spacial score (nSPS) is 15.4. The van der Waals surface area contributed by atoms with E-state index >= 15 is 0 Å². The molecule has 1 N–H and O–H groups in total. The Bertz CT molecular complexity index is 577. The van der Waals surface area contributed by atoms with Crippen molar-refractivity contribution >= 4 is 23.3 Å². The lowest BCUT2D eigenvalue weighted by atomic mass is 10.2. The third kappa shape index (κ3) is 2.57. The van der Waals surface area contributed by atoms with E-state index in [4.69, 9.17) is 11.6 Å². The number of H-pyrrole nitrogens is 1. The second-order valence-electron chi connectivity index (χ2n) is 4.47. The number of carbonyl (C=O) groups excluding carboxylic acids is 1. The lowest BCUT2D eigenvalue weighted by Gasteiger charge is -2.35. The predicted octanol–water partition coefficient (Wildman–Crippen LogP) is 0.815. The Morgan fingerprint density at radius 2 is 2.00 bits per heavy atom. The van der Waals surface area contributed by atoms with E-state index in [9.17, 15) is 4.79 Å². The maximum absolute atomic E-state index is 12.1. The number of hydrogen-bond acceptors (Lipinski definition) is 5. The van der Waals surface area contributed by atoms with Crippen LogP contribution in [0.5, 0.6) is 0 Å². The van der Waals surface area contributed by atoms with Crippen molar-refractivity contribution in [3.63, 3.8) is 0 Å². The van der Waals surface area contributed by atoms with Crippen LogP contribution in [0.15, 0.2) is 24.5 Å². The van der Waals surface area contributed by atoms with Gasteiger partial charge in [-0.05, 0) is 12.1 Å². The molecule has 0 unspecified atom stereocenters. The summed E-state index contributed by atoms with van der Waals surface area (Å²) in [7, 11) is 0. The fourth-order valence-corrected chi connectivity index (χ4v) is 2.27. The summed E-state index contributed by atoms with van der Waals surface area (Å²) in [5.74, 6) is 0.783. The van der Waals surface area contributed by atoms with Gasteiger partial charge in [0.05, 0.1) is 11.2 Å². The zero-order chi connectivity index (χ0) is 13.9. The molecule has 104 valence electrons. The fourth-order valence-electron chi connectivity index (χ4n) is 2.16. The Balaban J connectivity index is 1.62.